The van der Waals surface area contributed by atoms with Crippen molar-refractivity contribution in [1.82, 2.24) is 14.8 Å². The zero-order valence-electron chi connectivity index (χ0n) is 26.3. The number of carbonyl (C=O) groups is 2. The van der Waals surface area contributed by atoms with Gasteiger partial charge in [-0.05, 0) is 97.6 Å². The lowest BCUT2D eigenvalue weighted by molar-refractivity contribution is -0.110. The lowest BCUT2D eigenvalue weighted by Crippen LogP contribution is -2.28. The van der Waals surface area contributed by atoms with Crippen LogP contribution in [0.4, 0.5) is 11.4 Å². The van der Waals surface area contributed by atoms with Crippen LogP contribution in [-0.2, 0) is 18.4 Å². The van der Waals surface area contributed by atoms with Crippen molar-refractivity contribution in [3.8, 4) is 0 Å². The molecule has 0 spiro atoms. The van der Waals surface area contributed by atoms with E-state index in [2.05, 4.69) is 74.8 Å². The molecule has 2 amide bonds. The van der Waals surface area contributed by atoms with Gasteiger partial charge in [-0.15, -0.1) is 0 Å². The molecule has 1 fully saturated rings. The molecular formula is C39H39N5O2. The Kier molecular flexibility index (Phi) is 8.16. The summed E-state index contributed by atoms with van der Waals surface area (Å²) < 4.78 is 2.08. The highest BCUT2D eigenvalue weighted by molar-refractivity contribution is 6.37. The van der Waals surface area contributed by atoms with Gasteiger partial charge in [-0.2, -0.15) is 0 Å². The number of amides is 2. The van der Waals surface area contributed by atoms with Gasteiger partial charge < -0.3 is 20.5 Å². The molecule has 232 valence electrons. The maximum absolute atomic E-state index is 13.7. The zero-order valence-corrected chi connectivity index (χ0v) is 26.3. The molecule has 4 aromatic carbocycles. The lowest BCUT2D eigenvalue weighted by atomic mass is 9.97. The summed E-state index contributed by atoms with van der Waals surface area (Å²) in [5.41, 5.74) is 8.33. The Morgan fingerprint density at radius 2 is 1.65 bits per heavy atom. The molecule has 3 N–H and O–H groups in total. The van der Waals surface area contributed by atoms with E-state index in [1.807, 2.05) is 61.8 Å². The SMILES string of the molecule is CC[C@@H](NC(=O)c1ccc2c(c1)/C(=C(/Nc1ccc(CN3CCCC3)cc1)c1ccc3c(ccn3C)c1)C(=O)N2)c1ccccc1. The highest BCUT2D eigenvalue weighted by Gasteiger charge is 2.30. The monoisotopic (exact) mass is 609 g/mol. The number of fused-ring (bicyclic) bond motifs is 2. The molecular weight excluding hydrogens is 570 g/mol. The first-order valence-electron chi connectivity index (χ1n) is 16.2. The minimum absolute atomic E-state index is 0.111. The van der Waals surface area contributed by atoms with Gasteiger partial charge in [0.2, 0.25) is 0 Å². The van der Waals surface area contributed by atoms with E-state index in [-0.39, 0.29) is 17.9 Å². The third-order valence-corrected chi connectivity index (χ3v) is 9.19. The predicted octanol–water partition coefficient (Wildman–Crippen LogP) is 7.59. The number of hydrogen-bond acceptors (Lipinski definition) is 4. The summed E-state index contributed by atoms with van der Waals surface area (Å²) in [7, 11) is 2.03. The van der Waals surface area contributed by atoms with Crippen molar-refractivity contribution < 1.29 is 9.59 Å². The molecule has 1 atom stereocenters. The predicted molar refractivity (Wildman–Crippen MR) is 186 cm³/mol. The molecule has 1 saturated heterocycles. The third-order valence-electron chi connectivity index (χ3n) is 9.19. The highest BCUT2D eigenvalue weighted by atomic mass is 16.2. The molecule has 2 aliphatic heterocycles. The summed E-state index contributed by atoms with van der Waals surface area (Å²) in [5, 5.41) is 10.9. The second-order valence-corrected chi connectivity index (χ2v) is 12.3. The van der Waals surface area contributed by atoms with E-state index in [0.29, 0.717) is 28.1 Å². The molecule has 46 heavy (non-hydrogen) atoms. The maximum Gasteiger partial charge on any atom is 0.258 e. The Hall–Kier alpha value is -5.14. The maximum atomic E-state index is 13.7. The fourth-order valence-corrected chi connectivity index (χ4v) is 6.66. The second-order valence-electron chi connectivity index (χ2n) is 12.3. The van der Waals surface area contributed by atoms with Gasteiger partial charge in [0, 0.05) is 53.2 Å². The van der Waals surface area contributed by atoms with Crippen molar-refractivity contribution in [1.29, 1.82) is 0 Å². The largest absolute Gasteiger partial charge is 0.354 e. The van der Waals surface area contributed by atoms with Crippen molar-refractivity contribution in [3.05, 3.63) is 131 Å². The number of carbonyl (C=O) groups excluding carboxylic acids is 2. The lowest BCUT2D eigenvalue weighted by Gasteiger charge is -2.18. The van der Waals surface area contributed by atoms with Gasteiger partial charge in [0.25, 0.3) is 11.8 Å². The van der Waals surface area contributed by atoms with Crippen LogP contribution in [0.1, 0.15) is 64.8 Å². The van der Waals surface area contributed by atoms with Gasteiger partial charge in [-0.1, -0.05) is 55.5 Å². The summed E-state index contributed by atoms with van der Waals surface area (Å²) in [6, 6.07) is 32.1. The minimum atomic E-state index is -0.204. The van der Waals surface area contributed by atoms with E-state index < -0.39 is 0 Å². The fraction of sp³-hybridized carbons (Fsp3) is 0.231. The molecule has 2 aliphatic rings. The van der Waals surface area contributed by atoms with Crippen LogP contribution in [0.25, 0.3) is 22.2 Å². The smallest absolute Gasteiger partial charge is 0.258 e. The number of nitrogens with one attached hydrogen (secondary N) is 3. The first-order chi connectivity index (χ1) is 22.5. The fourth-order valence-electron chi connectivity index (χ4n) is 6.66. The molecule has 3 heterocycles. The second kappa shape index (κ2) is 12.7. The molecule has 0 radical (unpaired) electrons. The van der Waals surface area contributed by atoms with Gasteiger partial charge in [0.05, 0.1) is 17.3 Å². The molecule has 7 rings (SSSR count). The summed E-state index contributed by atoms with van der Waals surface area (Å²) in [6.45, 7) is 5.31. The standard InChI is InChI=1S/C39H39N5O2/c1-3-33(27-9-5-4-6-10-27)41-38(45)30-13-17-34-32(24-30)36(39(46)42-34)37(29-14-18-35-28(23-29)19-22-43(35)2)40-31-15-11-26(12-16-31)25-44-20-7-8-21-44/h4-6,9-19,22-24,33,40H,3,7-8,20-21,25H2,1-2H3,(H,41,45)(H,42,46)/b37-36-/t33-/m1/s1. The van der Waals surface area contributed by atoms with Crippen molar-refractivity contribution in [2.45, 2.75) is 38.8 Å². The number of nitrogens with zero attached hydrogens (tertiary/aromatic N) is 2. The number of anilines is 2. The van der Waals surface area contributed by atoms with Crippen molar-refractivity contribution in [3.63, 3.8) is 0 Å². The first-order valence-corrected chi connectivity index (χ1v) is 16.2. The van der Waals surface area contributed by atoms with E-state index in [0.717, 1.165) is 53.8 Å². The zero-order chi connectivity index (χ0) is 31.6. The van der Waals surface area contributed by atoms with E-state index in [1.54, 1.807) is 6.07 Å². The summed E-state index contributed by atoms with van der Waals surface area (Å²) in [6.07, 6.45) is 5.33. The van der Waals surface area contributed by atoms with Gasteiger partial charge in [-0.3, -0.25) is 14.5 Å². The van der Waals surface area contributed by atoms with Crippen molar-refractivity contribution >= 4 is 45.4 Å². The van der Waals surface area contributed by atoms with E-state index in [4.69, 9.17) is 0 Å². The van der Waals surface area contributed by atoms with Gasteiger partial charge >= 0.3 is 0 Å². The van der Waals surface area contributed by atoms with Gasteiger partial charge in [0.1, 0.15) is 0 Å². The van der Waals surface area contributed by atoms with Crippen LogP contribution in [-0.4, -0.2) is 34.4 Å². The van der Waals surface area contributed by atoms with Crippen molar-refractivity contribution in [2.75, 3.05) is 23.7 Å². The van der Waals surface area contributed by atoms with Gasteiger partial charge in [-0.25, -0.2) is 0 Å². The molecule has 7 heteroatoms. The Morgan fingerprint density at radius 3 is 2.41 bits per heavy atom. The van der Waals surface area contributed by atoms with E-state index >= 15 is 0 Å². The Bertz CT molecular complexity index is 1930. The normalized spacial score (nSPS) is 16.3. The Morgan fingerprint density at radius 1 is 0.891 bits per heavy atom. The summed E-state index contributed by atoms with van der Waals surface area (Å²) in [4.78, 5) is 29.8. The minimum Gasteiger partial charge on any atom is -0.354 e. The number of hydrogen-bond donors (Lipinski definition) is 3. The molecule has 0 saturated carbocycles. The van der Waals surface area contributed by atoms with Crippen LogP contribution >= 0.6 is 0 Å². The quantitative estimate of drug-likeness (QED) is 0.151. The average molecular weight is 610 g/mol. The number of aromatic nitrogens is 1. The molecule has 5 aromatic rings. The Balaban J connectivity index is 1.26. The van der Waals surface area contributed by atoms with Crippen LogP contribution in [0.2, 0.25) is 0 Å². The number of aryl methyl sites for hydroxylation is 1. The van der Waals surface area contributed by atoms with Crippen LogP contribution < -0.4 is 16.0 Å². The van der Waals surface area contributed by atoms with Gasteiger partial charge in [0.15, 0.2) is 0 Å². The Labute approximate surface area is 269 Å². The summed E-state index contributed by atoms with van der Waals surface area (Å²) >= 11 is 0. The van der Waals surface area contributed by atoms with E-state index in [9.17, 15) is 9.59 Å². The number of likely N-dealkylation sites (tertiary alicyclic amines) is 1. The topological polar surface area (TPSA) is 78.4 Å². The number of benzene rings is 4. The molecule has 7 nitrogen and oxygen atoms in total. The molecule has 0 aliphatic carbocycles. The molecule has 0 unspecified atom stereocenters. The van der Waals surface area contributed by atoms with Crippen molar-refractivity contribution in [2.24, 2.45) is 7.05 Å². The van der Waals surface area contributed by atoms with Crippen LogP contribution in [0.3, 0.4) is 0 Å². The average Bonchev–Trinajstić information content (AvgIpc) is 3.82. The number of rotatable bonds is 9. The first kappa shape index (κ1) is 29.6. The highest BCUT2D eigenvalue weighted by Crippen LogP contribution is 2.39. The third kappa shape index (κ3) is 5.94. The van der Waals surface area contributed by atoms with Crippen LogP contribution in [0.15, 0.2) is 103 Å². The molecule has 1 aromatic heterocycles. The summed E-state index contributed by atoms with van der Waals surface area (Å²) in [5.74, 6) is -0.379. The molecule has 0 bridgehead atoms. The van der Waals surface area contributed by atoms with Crippen LogP contribution in [0.5, 0.6) is 0 Å². The van der Waals surface area contributed by atoms with Crippen LogP contribution in [0, 0.1) is 0 Å². The van der Waals surface area contributed by atoms with E-state index in [1.165, 1.54) is 18.4 Å².